The van der Waals surface area contributed by atoms with Crippen LogP contribution in [0.15, 0.2) is 54.7 Å². The lowest BCUT2D eigenvalue weighted by Gasteiger charge is -2.16. The second-order valence-electron chi connectivity index (χ2n) is 7.39. The maximum absolute atomic E-state index is 12.6. The molecule has 0 spiro atoms. The van der Waals surface area contributed by atoms with Crippen molar-refractivity contribution in [3.8, 4) is 5.82 Å². The number of hydrogen-bond acceptors (Lipinski definition) is 4. The van der Waals surface area contributed by atoms with Crippen molar-refractivity contribution in [3.05, 3.63) is 71.7 Å². The van der Waals surface area contributed by atoms with Gasteiger partial charge in [0.25, 0.3) is 0 Å². The van der Waals surface area contributed by atoms with Gasteiger partial charge in [0.05, 0.1) is 23.5 Å². The highest BCUT2D eigenvalue weighted by atomic mass is 16.2. The summed E-state index contributed by atoms with van der Waals surface area (Å²) in [6.07, 6.45) is 1.85. The molecule has 2 aromatic heterocycles. The van der Waals surface area contributed by atoms with Gasteiger partial charge in [0, 0.05) is 25.2 Å². The van der Waals surface area contributed by atoms with Gasteiger partial charge in [-0.25, -0.2) is 9.67 Å². The maximum Gasteiger partial charge on any atom is 0.229 e. The molecule has 1 saturated heterocycles. The highest BCUT2D eigenvalue weighted by Gasteiger charge is 2.34. The number of aromatic nitrogens is 3. The molecule has 0 saturated carbocycles. The van der Waals surface area contributed by atoms with Crippen LogP contribution in [0.1, 0.15) is 23.4 Å². The quantitative estimate of drug-likeness (QED) is 0.728. The van der Waals surface area contributed by atoms with Crippen LogP contribution in [0.3, 0.4) is 0 Å². The Morgan fingerprint density at radius 2 is 1.97 bits per heavy atom. The molecule has 7 heteroatoms. The number of pyridine rings is 1. The zero-order chi connectivity index (χ0) is 20.4. The average Bonchev–Trinajstić information content (AvgIpc) is 3.25. The Bertz CT molecular complexity index is 1030. The van der Waals surface area contributed by atoms with E-state index < -0.39 is 0 Å². The van der Waals surface area contributed by atoms with E-state index >= 15 is 0 Å². The molecule has 2 amide bonds. The first-order valence-electron chi connectivity index (χ1n) is 9.62. The van der Waals surface area contributed by atoms with Crippen LogP contribution in [0.25, 0.3) is 5.82 Å². The Labute approximate surface area is 169 Å². The highest BCUT2D eigenvalue weighted by Crippen LogP contribution is 2.22. The van der Waals surface area contributed by atoms with E-state index in [1.165, 1.54) is 0 Å². The van der Waals surface area contributed by atoms with Crippen molar-refractivity contribution in [2.24, 2.45) is 5.92 Å². The molecule has 1 aromatic carbocycles. The van der Waals surface area contributed by atoms with Gasteiger partial charge < -0.3 is 10.2 Å². The molecular weight excluding hydrogens is 366 g/mol. The fourth-order valence-electron chi connectivity index (χ4n) is 3.59. The zero-order valence-electron chi connectivity index (χ0n) is 16.5. The Morgan fingerprint density at radius 3 is 2.62 bits per heavy atom. The van der Waals surface area contributed by atoms with E-state index in [0.29, 0.717) is 24.6 Å². The third-order valence-corrected chi connectivity index (χ3v) is 5.04. The van der Waals surface area contributed by atoms with Gasteiger partial charge in [0.1, 0.15) is 0 Å². The van der Waals surface area contributed by atoms with Crippen LogP contribution in [-0.2, 0) is 16.1 Å². The topological polar surface area (TPSA) is 80.1 Å². The van der Waals surface area contributed by atoms with E-state index in [4.69, 9.17) is 0 Å². The van der Waals surface area contributed by atoms with E-state index in [9.17, 15) is 9.59 Å². The monoisotopic (exact) mass is 389 g/mol. The molecule has 1 unspecified atom stereocenters. The predicted octanol–water partition coefficient (Wildman–Crippen LogP) is 2.87. The molecule has 4 rings (SSSR count). The van der Waals surface area contributed by atoms with Crippen LogP contribution < -0.4 is 5.32 Å². The molecule has 3 heterocycles. The van der Waals surface area contributed by atoms with E-state index in [2.05, 4.69) is 15.4 Å². The Morgan fingerprint density at radius 1 is 1.17 bits per heavy atom. The normalized spacial score (nSPS) is 16.3. The second-order valence-corrected chi connectivity index (χ2v) is 7.39. The lowest BCUT2D eigenvalue weighted by atomic mass is 10.1. The van der Waals surface area contributed by atoms with E-state index in [-0.39, 0.29) is 24.2 Å². The van der Waals surface area contributed by atoms with Gasteiger partial charge >= 0.3 is 0 Å². The maximum atomic E-state index is 12.6. The number of nitrogens with zero attached hydrogens (tertiary/aromatic N) is 4. The lowest BCUT2D eigenvalue weighted by Crippen LogP contribution is -2.28. The molecule has 0 bridgehead atoms. The summed E-state index contributed by atoms with van der Waals surface area (Å²) in [5.41, 5.74) is 3.59. The number of benzene rings is 1. The van der Waals surface area contributed by atoms with E-state index in [1.807, 2.05) is 56.3 Å². The minimum atomic E-state index is -0.359. The molecule has 1 N–H and O–H groups in total. The Balaban J connectivity index is 1.38. The van der Waals surface area contributed by atoms with Gasteiger partial charge in [0.2, 0.25) is 11.8 Å². The predicted molar refractivity (Wildman–Crippen MR) is 109 cm³/mol. The number of carbonyl (C=O) groups is 2. The third-order valence-electron chi connectivity index (χ3n) is 5.04. The number of anilines is 1. The molecule has 0 aliphatic carbocycles. The molecule has 7 nitrogen and oxygen atoms in total. The third kappa shape index (κ3) is 4.18. The summed E-state index contributed by atoms with van der Waals surface area (Å²) in [5, 5.41) is 7.29. The van der Waals surface area contributed by atoms with Crippen molar-refractivity contribution in [3.63, 3.8) is 0 Å². The molecule has 1 atom stereocenters. The minimum absolute atomic E-state index is 0.00648. The Hall–Kier alpha value is -3.48. The minimum Gasteiger partial charge on any atom is -0.338 e. The molecule has 3 aromatic rings. The van der Waals surface area contributed by atoms with Gasteiger partial charge in [-0.15, -0.1) is 0 Å². The van der Waals surface area contributed by atoms with Crippen molar-refractivity contribution in [2.45, 2.75) is 26.8 Å². The summed E-state index contributed by atoms with van der Waals surface area (Å²) in [6, 6.07) is 15.4. The number of likely N-dealkylation sites (tertiary alicyclic amines) is 1. The van der Waals surface area contributed by atoms with Crippen LogP contribution >= 0.6 is 0 Å². The summed E-state index contributed by atoms with van der Waals surface area (Å²) < 4.78 is 1.76. The summed E-state index contributed by atoms with van der Waals surface area (Å²) in [7, 11) is 0. The summed E-state index contributed by atoms with van der Waals surface area (Å²) >= 11 is 0. The number of carbonyl (C=O) groups excluding carboxylic acids is 2. The number of hydrogen-bond donors (Lipinski definition) is 1. The zero-order valence-corrected chi connectivity index (χ0v) is 16.5. The van der Waals surface area contributed by atoms with Gasteiger partial charge in [-0.2, -0.15) is 5.10 Å². The summed E-state index contributed by atoms with van der Waals surface area (Å²) in [5.74, 6) is 0.183. The van der Waals surface area contributed by atoms with Crippen LogP contribution in [0, 0.1) is 19.8 Å². The lowest BCUT2D eigenvalue weighted by molar-refractivity contribution is -0.128. The highest BCUT2D eigenvalue weighted by molar-refractivity contribution is 5.97. The number of amides is 2. The van der Waals surface area contributed by atoms with Crippen molar-refractivity contribution in [1.82, 2.24) is 19.7 Å². The number of nitrogens with one attached hydrogen (secondary N) is 1. The van der Waals surface area contributed by atoms with Crippen LogP contribution in [0.5, 0.6) is 0 Å². The summed E-state index contributed by atoms with van der Waals surface area (Å²) in [6.45, 7) is 4.86. The molecular formula is C22H23N5O2. The van der Waals surface area contributed by atoms with Gasteiger partial charge in [-0.3, -0.25) is 9.59 Å². The van der Waals surface area contributed by atoms with E-state index in [0.717, 1.165) is 17.0 Å². The molecule has 0 radical (unpaired) electrons. The first-order chi connectivity index (χ1) is 14.0. The fourth-order valence-corrected chi connectivity index (χ4v) is 3.59. The van der Waals surface area contributed by atoms with Crippen molar-refractivity contribution < 1.29 is 9.59 Å². The fraction of sp³-hybridized carbons (Fsp3) is 0.273. The van der Waals surface area contributed by atoms with Crippen molar-refractivity contribution in [1.29, 1.82) is 0 Å². The van der Waals surface area contributed by atoms with Crippen LogP contribution in [0.2, 0.25) is 0 Å². The largest absolute Gasteiger partial charge is 0.338 e. The Kier molecular flexibility index (Phi) is 5.12. The van der Waals surface area contributed by atoms with Gasteiger partial charge in [-0.1, -0.05) is 30.3 Å². The first-order valence-corrected chi connectivity index (χ1v) is 9.62. The molecule has 29 heavy (non-hydrogen) atoms. The van der Waals surface area contributed by atoms with E-state index in [1.54, 1.807) is 21.8 Å². The molecule has 1 fully saturated rings. The van der Waals surface area contributed by atoms with Gasteiger partial charge in [-0.05, 0) is 37.6 Å². The second kappa shape index (κ2) is 7.87. The number of aryl methyl sites for hydroxylation is 2. The van der Waals surface area contributed by atoms with Crippen molar-refractivity contribution in [2.75, 3.05) is 11.9 Å². The number of rotatable bonds is 5. The molecule has 148 valence electrons. The van der Waals surface area contributed by atoms with Crippen molar-refractivity contribution >= 4 is 17.5 Å². The molecule has 1 aliphatic heterocycles. The van der Waals surface area contributed by atoms with Gasteiger partial charge in [0.15, 0.2) is 5.82 Å². The summed E-state index contributed by atoms with van der Waals surface area (Å²) in [4.78, 5) is 31.1. The standard InChI is InChI=1S/C22H23N5O2/c1-15-10-16(2)27(25-15)20-9-8-19(12-23-20)24-22(29)18-11-21(28)26(14-18)13-17-6-4-3-5-7-17/h3-10,12,18H,11,13-14H2,1-2H3,(H,24,29). The first kappa shape index (κ1) is 18.9. The molecule has 1 aliphatic rings. The SMILES string of the molecule is Cc1cc(C)n(-c2ccc(NC(=O)C3CC(=O)N(Cc4ccccc4)C3)cn2)n1. The average molecular weight is 389 g/mol. The van der Waals surface area contributed by atoms with Crippen LogP contribution in [-0.4, -0.2) is 38.0 Å². The van der Waals surface area contributed by atoms with Crippen LogP contribution in [0.4, 0.5) is 5.69 Å². The smallest absolute Gasteiger partial charge is 0.229 e.